The second-order valence-electron chi connectivity index (χ2n) is 3.35. The third-order valence-corrected chi connectivity index (χ3v) is 2.22. The Kier molecular flexibility index (Phi) is 2.87. The van der Waals surface area contributed by atoms with Crippen LogP contribution in [0.5, 0.6) is 5.75 Å². The third-order valence-electron chi connectivity index (χ3n) is 2.22. The third kappa shape index (κ3) is 2.10. The van der Waals surface area contributed by atoms with E-state index in [0.717, 1.165) is 29.0 Å². The minimum absolute atomic E-state index is 0.529. The summed E-state index contributed by atoms with van der Waals surface area (Å²) in [5.74, 6) is 1.83. The molecule has 1 aromatic carbocycles. The van der Waals surface area contributed by atoms with Crippen molar-refractivity contribution in [2.75, 3.05) is 13.2 Å². The van der Waals surface area contributed by atoms with E-state index in [4.69, 9.17) is 10.5 Å². The molecule has 0 amide bonds. The molecule has 0 atom stereocenters. The fourth-order valence-corrected chi connectivity index (χ4v) is 1.48. The number of benzene rings is 1. The van der Waals surface area contributed by atoms with Gasteiger partial charge in [-0.1, -0.05) is 6.92 Å². The molecule has 0 unspecified atom stereocenters. The Bertz CT molecular complexity index is 450. The molecule has 0 fully saturated rings. The Hall–Kier alpha value is -1.55. The molecule has 1 aromatic heterocycles. The molecule has 0 saturated heterocycles. The minimum atomic E-state index is 0.529. The summed E-state index contributed by atoms with van der Waals surface area (Å²) in [7, 11) is 0. The van der Waals surface area contributed by atoms with Crippen LogP contribution >= 0.6 is 0 Å². The van der Waals surface area contributed by atoms with Gasteiger partial charge in [0, 0.05) is 19.0 Å². The lowest BCUT2D eigenvalue weighted by atomic mass is 10.3. The molecule has 2 aromatic rings. The SMILES string of the molecule is CCc1nc2ccc(OCCN)cc2[nH]1. The average Bonchev–Trinajstić information content (AvgIpc) is 2.68. The van der Waals surface area contributed by atoms with Gasteiger partial charge in [-0.15, -0.1) is 0 Å². The number of rotatable bonds is 4. The van der Waals surface area contributed by atoms with Crippen molar-refractivity contribution in [2.45, 2.75) is 13.3 Å². The Balaban J connectivity index is 2.29. The maximum atomic E-state index is 5.43. The number of H-pyrrole nitrogens is 1. The fourth-order valence-electron chi connectivity index (χ4n) is 1.48. The number of nitrogens with two attached hydrogens (primary N) is 1. The second kappa shape index (κ2) is 4.31. The average molecular weight is 205 g/mol. The number of aromatic amines is 1. The van der Waals surface area contributed by atoms with Crippen molar-refractivity contribution >= 4 is 11.0 Å². The van der Waals surface area contributed by atoms with Crippen LogP contribution in [0.15, 0.2) is 18.2 Å². The lowest BCUT2D eigenvalue weighted by Gasteiger charge is -2.02. The van der Waals surface area contributed by atoms with Gasteiger partial charge in [-0.3, -0.25) is 0 Å². The van der Waals surface area contributed by atoms with Crippen LogP contribution in [0.2, 0.25) is 0 Å². The zero-order valence-electron chi connectivity index (χ0n) is 8.79. The summed E-state index contributed by atoms with van der Waals surface area (Å²) < 4.78 is 5.43. The zero-order chi connectivity index (χ0) is 10.7. The molecule has 15 heavy (non-hydrogen) atoms. The van der Waals surface area contributed by atoms with Crippen LogP contribution < -0.4 is 10.5 Å². The van der Waals surface area contributed by atoms with Crippen molar-refractivity contribution in [3.8, 4) is 5.75 Å². The molecule has 3 N–H and O–H groups in total. The Labute approximate surface area is 88.5 Å². The van der Waals surface area contributed by atoms with Gasteiger partial charge in [0.25, 0.3) is 0 Å². The molecule has 4 nitrogen and oxygen atoms in total. The predicted octanol–water partition coefficient (Wildman–Crippen LogP) is 1.46. The predicted molar refractivity (Wildman–Crippen MR) is 60.0 cm³/mol. The molecule has 0 spiro atoms. The van der Waals surface area contributed by atoms with Crippen LogP contribution in [-0.4, -0.2) is 23.1 Å². The van der Waals surface area contributed by atoms with Gasteiger partial charge in [-0.05, 0) is 12.1 Å². The molecule has 1 heterocycles. The van der Waals surface area contributed by atoms with Gasteiger partial charge in [0.15, 0.2) is 0 Å². The summed E-state index contributed by atoms with van der Waals surface area (Å²) in [5, 5.41) is 0. The Morgan fingerprint density at radius 3 is 3.07 bits per heavy atom. The number of nitrogens with one attached hydrogen (secondary N) is 1. The standard InChI is InChI=1S/C11H15N3O/c1-2-11-13-9-4-3-8(15-6-5-12)7-10(9)14-11/h3-4,7H,2,5-6,12H2,1H3,(H,13,14). The van der Waals surface area contributed by atoms with Gasteiger partial charge in [0.2, 0.25) is 0 Å². The molecule has 0 aliphatic carbocycles. The highest BCUT2D eigenvalue weighted by molar-refractivity contribution is 5.76. The van der Waals surface area contributed by atoms with Gasteiger partial charge >= 0.3 is 0 Å². The molecular formula is C11H15N3O. The molecule has 2 rings (SSSR count). The summed E-state index contributed by atoms with van der Waals surface area (Å²) in [6.07, 6.45) is 0.910. The van der Waals surface area contributed by atoms with Crippen LogP contribution in [0.25, 0.3) is 11.0 Å². The molecular weight excluding hydrogens is 190 g/mol. The summed E-state index contributed by atoms with van der Waals surface area (Å²) in [5.41, 5.74) is 7.36. The minimum Gasteiger partial charge on any atom is -0.492 e. The maximum absolute atomic E-state index is 5.43. The van der Waals surface area contributed by atoms with Gasteiger partial charge in [-0.2, -0.15) is 0 Å². The number of hydrogen-bond acceptors (Lipinski definition) is 3. The van der Waals surface area contributed by atoms with E-state index < -0.39 is 0 Å². The van der Waals surface area contributed by atoms with Gasteiger partial charge in [0.05, 0.1) is 11.0 Å². The number of aryl methyl sites for hydroxylation is 1. The first kappa shape index (κ1) is 9.98. The van der Waals surface area contributed by atoms with Crippen molar-refractivity contribution in [3.05, 3.63) is 24.0 Å². The lowest BCUT2D eigenvalue weighted by Crippen LogP contribution is -2.10. The highest BCUT2D eigenvalue weighted by Gasteiger charge is 2.02. The van der Waals surface area contributed by atoms with Crippen molar-refractivity contribution in [2.24, 2.45) is 5.73 Å². The van der Waals surface area contributed by atoms with E-state index in [1.165, 1.54) is 0 Å². The van der Waals surface area contributed by atoms with Gasteiger partial charge in [0.1, 0.15) is 18.2 Å². The summed E-state index contributed by atoms with van der Waals surface area (Å²) in [6, 6.07) is 5.83. The number of fused-ring (bicyclic) bond motifs is 1. The first-order valence-corrected chi connectivity index (χ1v) is 5.15. The van der Waals surface area contributed by atoms with E-state index in [1.54, 1.807) is 0 Å². The van der Waals surface area contributed by atoms with Crippen molar-refractivity contribution < 1.29 is 4.74 Å². The Morgan fingerprint density at radius 1 is 1.47 bits per heavy atom. The van der Waals surface area contributed by atoms with Crippen LogP contribution in [0.3, 0.4) is 0 Å². The van der Waals surface area contributed by atoms with E-state index in [2.05, 4.69) is 16.9 Å². The van der Waals surface area contributed by atoms with E-state index in [0.29, 0.717) is 13.2 Å². The van der Waals surface area contributed by atoms with Crippen LogP contribution in [0.1, 0.15) is 12.7 Å². The number of hydrogen-bond donors (Lipinski definition) is 2. The topological polar surface area (TPSA) is 63.9 Å². The molecule has 80 valence electrons. The first-order chi connectivity index (χ1) is 7.33. The van der Waals surface area contributed by atoms with E-state index >= 15 is 0 Å². The lowest BCUT2D eigenvalue weighted by molar-refractivity contribution is 0.328. The summed E-state index contributed by atoms with van der Waals surface area (Å²) >= 11 is 0. The maximum Gasteiger partial charge on any atom is 0.121 e. The normalized spacial score (nSPS) is 10.8. The monoisotopic (exact) mass is 205 g/mol. The quantitative estimate of drug-likeness (QED) is 0.794. The van der Waals surface area contributed by atoms with Gasteiger partial charge < -0.3 is 15.5 Å². The summed E-state index contributed by atoms with van der Waals surface area (Å²) in [4.78, 5) is 7.66. The van der Waals surface area contributed by atoms with Crippen LogP contribution in [0.4, 0.5) is 0 Å². The van der Waals surface area contributed by atoms with Crippen molar-refractivity contribution in [1.29, 1.82) is 0 Å². The van der Waals surface area contributed by atoms with Crippen LogP contribution in [-0.2, 0) is 6.42 Å². The molecule has 0 aliphatic rings. The van der Waals surface area contributed by atoms with Gasteiger partial charge in [-0.25, -0.2) is 4.98 Å². The number of ether oxygens (including phenoxy) is 1. The highest BCUT2D eigenvalue weighted by Crippen LogP contribution is 2.19. The van der Waals surface area contributed by atoms with Crippen molar-refractivity contribution in [1.82, 2.24) is 9.97 Å². The second-order valence-corrected chi connectivity index (χ2v) is 3.35. The summed E-state index contributed by atoms with van der Waals surface area (Å²) in [6.45, 7) is 3.14. The Morgan fingerprint density at radius 2 is 2.33 bits per heavy atom. The molecule has 0 saturated carbocycles. The van der Waals surface area contributed by atoms with E-state index in [1.807, 2.05) is 18.2 Å². The molecule has 0 aliphatic heterocycles. The number of imidazole rings is 1. The smallest absolute Gasteiger partial charge is 0.121 e. The first-order valence-electron chi connectivity index (χ1n) is 5.15. The number of nitrogens with zero attached hydrogens (tertiary/aromatic N) is 1. The molecule has 0 bridgehead atoms. The van der Waals surface area contributed by atoms with Crippen molar-refractivity contribution in [3.63, 3.8) is 0 Å². The fraction of sp³-hybridized carbons (Fsp3) is 0.364. The van der Waals surface area contributed by atoms with E-state index in [9.17, 15) is 0 Å². The molecule has 0 radical (unpaired) electrons. The number of aromatic nitrogens is 2. The highest BCUT2D eigenvalue weighted by atomic mass is 16.5. The molecule has 4 heteroatoms. The zero-order valence-corrected chi connectivity index (χ0v) is 8.79. The van der Waals surface area contributed by atoms with Crippen LogP contribution in [0, 0.1) is 0 Å². The largest absolute Gasteiger partial charge is 0.492 e. The van der Waals surface area contributed by atoms with E-state index in [-0.39, 0.29) is 0 Å².